The van der Waals surface area contributed by atoms with Crippen molar-refractivity contribution in [3.63, 3.8) is 0 Å². The molecule has 0 N–H and O–H groups in total. The van der Waals surface area contributed by atoms with Crippen LogP contribution < -0.4 is 5.49 Å². The number of benzene rings is 1. The highest BCUT2D eigenvalue weighted by Gasteiger charge is 2.53. The standard InChI is InChI=1S/C21H19F5N4/c1-11(12-4-3-5-13(17(12)22)18(23)24)29-19-14-8-16(21(6-7-21)20(25)26)27-9-15(14)30(2)10-28-19/h3-5,8-11,18,20H,6-7H2,1-2H3. The van der Waals surface area contributed by atoms with E-state index < -0.39 is 35.7 Å². The average Bonchev–Trinajstić information content (AvgIpc) is 3.52. The Morgan fingerprint density at radius 3 is 2.43 bits per heavy atom. The highest BCUT2D eigenvalue weighted by atomic mass is 19.3. The summed E-state index contributed by atoms with van der Waals surface area (Å²) in [6, 6.07) is 4.52. The van der Waals surface area contributed by atoms with Gasteiger partial charge < -0.3 is 4.57 Å². The average molecular weight is 422 g/mol. The van der Waals surface area contributed by atoms with E-state index in [-0.39, 0.29) is 16.7 Å². The predicted molar refractivity (Wildman–Crippen MR) is 101 cm³/mol. The van der Waals surface area contributed by atoms with Crippen LogP contribution in [0.5, 0.6) is 0 Å². The summed E-state index contributed by atoms with van der Waals surface area (Å²) in [5.74, 6) is -1.01. The van der Waals surface area contributed by atoms with Crippen molar-refractivity contribution >= 4 is 10.9 Å². The molecule has 0 bridgehead atoms. The van der Waals surface area contributed by atoms with Crippen LogP contribution in [0.1, 0.15) is 49.1 Å². The number of rotatable bonds is 5. The van der Waals surface area contributed by atoms with Crippen LogP contribution in [0, 0.1) is 5.82 Å². The second-order valence-corrected chi connectivity index (χ2v) is 7.58. The molecule has 1 aliphatic carbocycles. The lowest BCUT2D eigenvalue weighted by atomic mass is 10.0. The molecule has 1 aliphatic rings. The molecule has 0 saturated heterocycles. The van der Waals surface area contributed by atoms with E-state index in [0.717, 1.165) is 6.07 Å². The maximum atomic E-state index is 14.5. The number of hydrogen-bond acceptors (Lipinski definition) is 3. The van der Waals surface area contributed by atoms with Gasteiger partial charge in [0.15, 0.2) is 5.49 Å². The zero-order valence-electron chi connectivity index (χ0n) is 16.3. The van der Waals surface area contributed by atoms with E-state index in [2.05, 4.69) is 15.0 Å². The number of aromatic nitrogens is 3. The first-order valence-electron chi connectivity index (χ1n) is 9.45. The maximum absolute atomic E-state index is 14.5. The molecule has 1 fully saturated rings. The van der Waals surface area contributed by atoms with Crippen molar-refractivity contribution in [3.8, 4) is 0 Å². The molecular weight excluding hydrogens is 403 g/mol. The number of hydrogen-bond donors (Lipinski definition) is 0. The largest absolute Gasteiger partial charge is 0.334 e. The maximum Gasteiger partial charge on any atom is 0.266 e. The molecule has 2 heterocycles. The topological polar surface area (TPSA) is 43.1 Å². The van der Waals surface area contributed by atoms with Crippen molar-refractivity contribution < 1.29 is 22.0 Å². The second kappa shape index (κ2) is 7.45. The molecule has 30 heavy (non-hydrogen) atoms. The summed E-state index contributed by atoms with van der Waals surface area (Å²) in [5, 5.41) is 0.495. The van der Waals surface area contributed by atoms with Crippen LogP contribution >= 0.6 is 0 Å². The van der Waals surface area contributed by atoms with Gasteiger partial charge in [-0.05, 0) is 25.8 Å². The Bertz CT molecular complexity index is 1170. The van der Waals surface area contributed by atoms with Crippen molar-refractivity contribution in [3.05, 3.63) is 64.9 Å². The van der Waals surface area contributed by atoms with Gasteiger partial charge in [-0.15, -0.1) is 0 Å². The molecule has 4 nitrogen and oxygen atoms in total. The monoisotopic (exact) mass is 422 g/mol. The summed E-state index contributed by atoms with van der Waals surface area (Å²) >= 11 is 0. The van der Waals surface area contributed by atoms with Crippen molar-refractivity contribution in [1.29, 1.82) is 0 Å². The highest BCUT2D eigenvalue weighted by molar-refractivity contribution is 5.77. The molecule has 0 spiro atoms. The predicted octanol–water partition coefficient (Wildman–Crippen LogP) is 5.00. The first-order valence-corrected chi connectivity index (χ1v) is 9.45. The van der Waals surface area contributed by atoms with Crippen LogP contribution in [-0.4, -0.2) is 21.0 Å². The van der Waals surface area contributed by atoms with Gasteiger partial charge in [-0.25, -0.2) is 26.9 Å². The van der Waals surface area contributed by atoms with Gasteiger partial charge in [0.05, 0.1) is 40.8 Å². The lowest BCUT2D eigenvalue weighted by Gasteiger charge is -2.15. The summed E-state index contributed by atoms with van der Waals surface area (Å²) in [5.41, 5.74) is -0.823. The Morgan fingerprint density at radius 1 is 1.10 bits per heavy atom. The van der Waals surface area contributed by atoms with E-state index in [9.17, 15) is 22.0 Å². The fraction of sp³-hybridized carbons (Fsp3) is 0.381. The summed E-state index contributed by atoms with van der Waals surface area (Å²) in [6.45, 7) is 1.57. The summed E-state index contributed by atoms with van der Waals surface area (Å²) in [7, 11) is 1.73. The number of alkyl halides is 4. The van der Waals surface area contributed by atoms with Gasteiger partial charge in [0.2, 0.25) is 6.43 Å². The lowest BCUT2D eigenvalue weighted by Crippen LogP contribution is -2.21. The number of nitrogens with zero attached hydrogens (tertiary/aromatic N) is 4. The van der Waals surface area contributed by atoms with Crippen LogP contribution in [0.2, 0.25) is 0 Å². The van der Waals surface area contributed by atoms with Gasteiger partial charge in [-0.1, -0.05) is 18.2 Å². The summed E-state index contributed by atoms with van der Waals surface area (Å²) in [4.78, 5) is 12.9. The Morgan fingerprint density at radius 2 is 1.80 bits per heavy atom. The van der Waals surface area contributed by atoms with Crippen molar-refractivity contribution in [2.45, 2.75) is 44.1 Å². The minimum Gasteiger partial charge on any atom is -0.334 e. The normalized spacial score (nSPS) is 17.2. The van der Waals surface area contributed by atoms with Gasteiger partial charge in [0, 0.05) is 18.0 Å². The quantitative estimate of drug-likeness (QED) is 0.543. The van der Waals surface area contributed by atoms with Gasteiger partial charge >= 0.3 is 0 Å². The SMILES string of the molecule is CC(N=c1ncn(C)c2cnc(C3(C(F)F)CC3)cc12)c1cccc(C(F)F)c1F. The van der Waals surface area contributed by atoms with E-state index in [1.54, 1.807) is 24.6 Å². The molecule has 2 aromatic heterocycles. The first kappa shape index (κ1) is 20.4. The first-order chi connectivity index (χ1) is 14.2. The van der Waals surface area contributed by atoms with Gasteiger partial charge in [0.25, 0.3) is 6.43 Å². The Kier molecular flexibility index (Phi) is 5.07. The van der Waals surface area contributed by atoms with Crippen LogP contribution in [0.15, 0.2) is 41.8 Å². The third kappa shape index (κ3) is 3.36. The Labute approximate surface area is 169 Å². The molecule has 4 rings (SSSR count). The van der Waals surface area contributed by atoms with Crippen LogP contribution in [0.4, 0.5) is 22.0 Å². The number of fused-ring (bicyclic) bond motifs is 1. The zero-order chi connectivity index (χ0) is 21.6. The second-order valence-electron chi connectivity index (χ2n) is 7.58. The fourth-order valence-electron chi connectivity index (χ4n) is 3.59. The number of pyridine rings is 1. The fourth-order valence-corrected chi connectivity index (χ4v) is 3.59. The molecule has 0 amide bonds. The molecular formula is C21H19F5N4. The molecule has 1 aromatic carbocycles. The molecule has 1 atom stereocenters. The van der Waals surface area contributed by atoms with Crippen molar-refractivity contribution in [2.24, 2.45) is 12.0 Å². The van der Waals surface area contributed by atoms with E-state index in [1.807, 2.05) is 0 Å². The van der Waals surface area contributed by atoms with Crippen LogP contribution in [0.25, 0.3) is 10.9 Å². The van der Waals surface area contributed by atoms with Gasteiger partial charge in [-0.3, -0.25) is 9.98 Å². The number of halogens is 5. The van der Waals surface area contributed by atoms with E-state index in [0.29, 0.717) is 23.7 Å². The molecule has 158 valence electrons. The minimum absolute atomic E-state index is 0.0106. The lowest BCUT2D eigenvalue weighted by molar-refractivity contribution is 0.0999. The molecule has 1 unspecified atom stereocenters. The van der Waals surface area contributed by atoms with Crippen LogP contribution in [0.3, 0.4) is 0 Å². The zero-order valence-corrected chi connectivity index (χ0v) is 16.3. The summed E-state index contributed by atoms with van der Waals surface area (Å²) in [6.07, 6.45) is -1.78. The van der Waals surface area contributed by atoms with Gasteiger partial charge in [-0.2, -0.15) is 0 Å². The Hall–Kier alpha value is -2.84. The smallest absolute Gasteiger partial charge is 0.266 e. The number of aryl methyl sites for hydroxylation is 1. The van der Waals surface area contributed by atoms with E-state index >= 15 is 0 Å². The van der Waals surface area contributed by atoms with Gasteiger partial charge in [0.1, 0.15) is 5.82 Å². The molecule has 1 saturated carbocycles. The Balaban J connectivity index is 1.85. The van der Waals surface area contributed by atoms with Crippen LogP contribution in [-0.2, 0) is 12.5 Å². The third-order valence-corrected chi connectivity index (χ3v) is 5.63. The van der Waals surface area contributed by atoms with E-state index in [1.165, 1.54) is 24.7 Å². The molecule has 0 aliphatic heterocycles. The third-order valence-electron chi connectivity index (χ3n) is 5.63. The van der Waals surface area contributed by atoms with E-state index in [4.69, 9.17) is 0 Å². The molecule has 9 heteroatoms. The van der Waals surface area contributed by atoms with Crippen molar-refractivity contribution in [1.82, 2.24) is 14.5 Å². The van der Waals surface area contributed by atoms with Crippen molar-refractivity contribution in [2.75, 3.05) is 0 Å². The minimum atomic E-state index is -2.94. The molecule has 0 radical (unpaired) electrons. The highest BCUT2D eigenvalue weighted by Crippen LogP contribution is 2.52. The molecule has 3 aromatic rings. The summed E-state index contributed by atoms with van der Waals surface area (Å²) < 4.78 is 69.3.